The summed E-state index contributed by atoms with van der Waals surface area (Å²) in [6.07, 6.45) is -4.72. The first kappa shape index (κ1) is 31.2. The third-order valence-corrected chi connectivity index (χ3v) is 8.16. The van der Waals surface area contributed by atoms with E-state index in [1.165, 1.54) is 12.2 Å². The molecule has 0 bridgehead atoms. The maximum absolute atomic E-state index is 12.2. The smallest absolute Gasteiger partial charge is 0.252 e. The summed E-state index contributed by atoms with van der Waals surface area (Å²) in [7, 11) is 0. The number of fused-ring (bicyclic) bond motifs is 8. The zero-order valence-corrected chi connectivity index (χ0v) is 22.6. The molecule has 8 atom stereocenters. The van der Waals surface area contributed by atoms with E-state index in [0.717, 1.165) is 0 Å². The number of amides is 2. The van der Waals surface area contributed by atoms with Gasteiger partial charge in [-0.05, 0) is 58.7 Å². The quantitative estimate of drug-likeness (QED) is 0.142. The zero-order chi connectivity index (χ0) is 29.4. The minimum Gasteiger partial charge on any atom is -0.454 e. The van der Waals surface area contributed by atoms with E-state index in [4.69, 9.17) is 18.9 Å². The number of ether oxygens (including phenoxy) is 4. The summed E-state index contributed by atoms with van der Waals surface area (Å²) in [6, 6.07) is 4.95. The largest absolute Gasteiger partial charge is 0.454 e. The fourth-order valence-corrected chi connectivity index (χ4v) is 5.95. The van der Waals surface area contributed by atoms with E-state index in [2.05, 4.69) is 10.6 Å². The summed E-state index contributed by atoms with van der Waals surface area (Å²) in [6.45, 7) is 0.179. The standard InChI is InChI=1S/2C14H13NO6.2H2O/c2*16-8-1-6-5-2-9-10(21-4-20-9)3-7(5)14(19)15-11(6)13(18)12(8)17;;/h2*1-3,8,11-13,16-18H,4H2,(H,15,19);2*1H2/t2*8-,11+,12+,13-;;/m00../s1. The van der Waals surface area contributed by atoms with Crippen molar-refractivity contribution in [1.82, 2.24) is 10.6 Å². The van der Waals surface area contributed by atoms with E-state index < -0.39 is 48.7 Å². The van der Waals surface area contributed by atoms with Gasteiger partial charge < -0.3 is 71.2 Å². The van der Waals surface area contributed by atoms with Gasteiger partial charge in [0.15, 0.2) is 23.0 Å². The molecule has 2 aromatic carbocycles. The molecule has 0 unspecified atom stereocenters. The zero-order valence-electron chi connectivity index (χ0n) is 22.6. The van der Waals surface area contributed by atoms with E-state index in [1.54, 1.807) is 24.3 Å². The highest BCUT2D eigenvalue weighted by molar-refractivity contribution is 6.06. The van der Waals surface area contributed by atoms with E-state index >= 15 is 0 Å². The van der Waals surface area contributed by atoms with Gasteiger partial charge >= 0.3 is 0 Å². The summed E-state index contributed by atoms with van der Waals surface area (Å²) in [4.78, 5) is 24.4. The van der Waals surface area contributed by atoms with Crippen molar-refractivity contribution in [3.05, 3.63) is 58.7 Å². The summed E-state index contributed by atoms with van der Waals surface area (Å²) in [5, 5.41) is 64.5. The van der Waals surface area contributed by atoms with Crippen LogP contribution in [-0.2, 0) is 0 Å². The molecule has 6 aliphatic rings. The van der Waals surface area contributed by atoms with Gasteiger partial charge in [-0.1, -0.05) is 0 Å². The van der Waals surface area contributed by atoms with Crippen LogP contribution in [0, 0.1) is 0 Å². The number of hydrogen-bond donors (Lipinski definition) is 8. The first-order valence-corrected chi connectivity index (χ1v) is 13.1. The molecule has 0 saturated heterocycles. The number of carbonyl (C=O) groups excluding carboxylic acids is 2. The molecule has 12 N–H and O–H groups in total. The third kappa shape index (κ3) is 4.73. The van der Waals surface area contributed by atoms with Crippen LogP contribution in [0.3, 0.4) is 0 Å². The molecule has 16 nitrogen and oxygen atoms in total. The van der Waals surface area contributed by atoms with Crippen LogP contribution < -0.4 is 29.6 Å². The topological polar surface area (TPSA) is 280 Å². The van der Waals surface area contributed by atoms with E-state index in [1.807, 2.05) is 0 Å². The monoisotopic (exact) mass is 618 g/mol. The van der Waals surface area contributed by atoms with Crippen molar-refractivity contribution < 1.29 is 70.1 Å². The Balaban J connectivity index is 0.000000167. The Morgan fingerprint density at radius 1 is 0.523 bits per heavy atom. The van der Waals surface area contributed by atoms with Crippen LogP contribution in [0.15, 0.2) is 36.4 Å². The lowest BCUT2D eigenvalue weighted by Crippen LogP contribution is -2.57. The SMILES string of the molecule is O.O.O=C1N[C@@H]2C(=C[C@H](O)[C@@H](O)[C@H]2O)c2cc3c(cc21)OCO3.O=C1N[C@@H]2C(=C[C@H](O)[C@@H](O)[C@H]2O)c2cc3c(cc21)OCO3. The van der Waals surface area contributed by atoms with Crippen molar-refractivity contribution in [2.75, 3.05) is 13.6 Å². The highest BCUT2D eigenvalue weighted by atomic mass is 16.7. The van der Waals surface area contributed by atoms with Crippen molar-refractivity contribution in [2.24, 2.45) is 0 Å². The van der Waals surface area contributed by atoms with E-state index in [0.29, 0.717) is 56.4 Å². The minimum absolute atomic E-state index is 0. The van der Waals surface area contributed by atoms with Crippen LogP contribution in [-0.4, -0.2) is 116 Å². The van der Waals surface area contributed by atoms with Crippen LogP contribution in [0.1, 0.15) is 31.8 Å². The number of carbonyl (C=O) groups is 2. The van der Waals surface area contributed by atoms with Gasteiger partial charge in [-0.25, -0.2) is 0 Å². The predicted molar refractivity (Wildman–Crippen MR) is 147 cm³/mol. The van der Waals surface area contributed by atoms with Crippen LogP contribution in [0.25, 0.3) is 11.1 Å². The van der Waals surface area contributed by atoms with Crippen LogP contribution >= 0.6 is 0 Å². The fraction of sp³-hybridized carbons (Fsp3) is 0.357. The second-order valence-corrected chi connectivity index (χ2v) is 10.6. The molecule has 16 heteroatoms. The van der Waals surface area contributed by atoms with E-state index in [-0.39, 0.29) is 36.4 Å². The lowest BCUT2D eigenvalue weighted by molar-refractivity contribution is -0.0535. The van der Waals surface area contributed by atoms with Gasteiger partial charge in [0.2, 0.25) is 13.6 Å². The molecule has 8 rings (SSSR count). The lowest BCUT2D eigenvalue weighted by atomic mass is 9.79. The van der Waals surface area contributed by atoms with Gasteiger partial charge in [0, 0.05) is 0 Å². The Morgan fingerprint density at radius 3 is 1.18 bits per heavy atom. The van der Waals surface area contributed by atoms with Gasteiger partial charge in [-0.15, -0.1) is 0 Å². The summed E-state index contributed by atoms with van der Waals surface area (Å²) < 4.78 is 21.1. The summed E-state index contributed by atoms with van der Waals surface area (Å²) in [5.41, 5.74) is 3.03. The van der Waals surface area contributed by atoms with Crippen LogP contribution in [0.5, 0.6) is 23.0 Å². The van der Waals surface area contributed by atoms with Gasteiger partial charge in [-0.3, -0.25) is 9.59 Å². The molecule has 4 heterocycles. The summed E-state index contributed by atoms with van der Waals surface area (Å²) >= 11 is 0. The van der Waals surface area contributed by atoms with Crippen molar-refractivity contribution in [2.45, 2.75) is 48.7 Å². The molecule has 2 aromatic rings. The van der Waals surface area contributed by atoms with Crippen molar-refractivity contribution in [3.63, 3.8) is 0 Å². The number of benzene rings is 2. The molecule has 236 valence electrons. The molecule has 0 saturated carbocycles. The molecule has 0 aromatic heterocycles. The number of rotatable bonds is 0. The van der Waals surface area contributed by atoms with Crippen LogP contribution in [0.2, 0.25) is 0 Å². The highest BCUT2D eigenvalue weighted by Crippen LogP contribution is 2.43. The molecule has 0 fully saturated rings. The van der Waals surface area contributed by atoms with Gasteiger partial charge in [0.25, 0.3) is 11.8 Å². The number of nitrogens with one attached hydrogen (secondary N) is 2. The fourth-order valence-electron chi connectivity index (χ4n) is 5.95. The maximum Gasteiger partial charge on any atom is 0.252 e. The van der Waals surface area contributed by atoms with Crippen molar-refractivity contribution >= 4 is 23.0 Å². The predicted octanol–water partition coefficient (Wildman–Crippen LogP) is -3.64. The molecule has 2 amide bonds. The van der Waals surface area contributed by atoms with Crippen molar-refractivity contribution in [3.8, 4) is 23.0 Å². The average Bonchev–Trinajstić information content (AvgIpc) is 3.64. The molecular weight excluding hydrogens is 588 g/mol. The molecule has 2 aliphatic carbocycles. The third-order valence-electron chi connectivity index (χ3n) is 8.16. The van der Waals surface area contributed by atoms with Gasteiger partial charge in [0.1, 0.15) is 36.6 Å². The second-order valence-electron chi connectivity index (χ2n) is 10.6. The van der Waals surface area contributed by atoms with Gasteiger partial charge in [-0.2, -0.15) is 0 Å². The van der Waals surface area contributed by atoms with Gasteiger partial charge in [0.05, 0.1) is 23.2 Å². The number of hydrogen-bond acceptors (Lipinski definition) is 12. The van der Waals surface area contributed by atoms with Crippen LogP contribution in [0.4, 0.5) is 0 Å². The Labute approximate surface area is 248 Å². The Kier molecular flexibility index (Phi) is 8.04. The number of aliphatic hydroxyl groups excluding tert-OH is 6. The first-order chi connectivity index (χ1) is 20.1. The maximum atomic E-state index is 12.2. The second kappa shape index (κ2) is 11.3. The molecule has 4 aliphatic heterocycles. The summed E-state index contributed by atoms with van der Waals surface area (Å²) in [5.74, 6) is 1.26. The average molecular weight is 619 g/mol. The Bertz CT molecular complexity index is 1460. The number of aliphatic hydroxyl groups is 6. The lowest BCUT2D eigenvalue weighted by Gasteiger charge is -2.39. The normalized spacial score (nSPS) is 31.4. The molecule has 44 heavy (non-hydrogen) atoms. The first-order valence-electron chi connectivity index (χ1n) is 13.1. The molecule has 0 radical (unpaired) electrons. The molecular formula is C28H30N2O14. The highest BCUT2D eigenvalue weighted by Gasteiger charge is 2.44. The van der Waals surface area contributed by atoms with E-state index in [9.17, 15) is 40.2 Å². The minimum atomic E-state index is -1.34. The molecule has 0 spiro atoms. The Morgan fingerprint density at radius 2 is 0.841 bits per heavy atom. The Hall–Kier alpha value is -4.26. The van der Waals surface area contributed by atoms with Crippen molar-refractivity contribution in [1.29, 1.82) is 0 Å².